The highest BCUT2D eigenvalue weighted by Gasteiger charge is 2.16. The average Bonchev–Trinajstić information content (AvgIpc) is 3.14. The smallest absolute Gasteiger partial charge is 0.323 e. The van der Waals surface area contributed by atoms with Crippen molar-refractivity contribution in [3.63, 3.8) is 0 Å². The molecule has 0 fully saturated rings. The van der Waals surface area contributed by atoms with Gasteiger partial charge in [-0.05, 0) is 49.4 Å². The summed E-state index contributed by atoms with van der Waals surface area (Å²) in [5, 5.41) is 5.72. The van der Waals surface area contributed by atoms with E-state index in [0.717, 1.165) is 10.3 Å². The molecule has 4 rings (SSSR count). The first-order valence-corrected chi connectivity index (χ1v) is 11.8. The largest absolute Gasteiger partial charge is 0.497 e. The molecule has 3 aromatic carbocycles. The van der Waals surface area contributed by atoms with Gasteiger partial charge < -0.3 is 15.4 Å². The van der Waals surface area contributed by atoms with Crippen LogP contribution in [-0.2, 0) is 10.0 Å². The monoisotopic (exact) mass is 468 g/mol. The van der Waals surface area contributed by atoms with Gasteiger partial charge in [0.05, 0.1) is 22.2 Å². The topological polar surface area (TPSA) is 109 Å². The highest BCUT2D eigenvalue weighted by atomic mass is 32.2. The lowest BCUT2D eigenvalue weighted by Crippen LogP contribution is -2.19. The predicted molar refractivity (Wildman–Crippen MR) is 127 cm³/mol. The number of thiazole rings is 1. The van der Waals surface area contributed by atoms with Gasteiger partial charge in [-0.1, -0.05) is 35.1 Å². The number of hydrogen-bond acceptors (Lipinski definition) is 6. The van der Waals surface area contributed by atoms with Gasteiger partial charge in [0.1, 0.15) is 5.75 Å². The van der Waals surface area contributed by atoms with Gasteiger partial charge in [0.15, 0.2) is 5.13 Å². The molecule has 0 aliphatic carbocycles. The molecule has 0 aliphatic heterocycles. The second kappa shape index (κ2) is 8.85. The van der Waals surface area contributed by atoms with Crippen molar-refractivity contribution in [1.82, 2.24) is 4.98 Å². The lowest BCUT2D eigenvalue weighted by atomic mass is 10.2. The SMILES string of the molecule is COc1cccc(NC(=O)Nc2ccc3sc(NS(=O)(=O)c4ccc(C)cc4)nc3c2)c1. The van der Waals surface area contributed by atoms with Crippen LogP contribution in [0.15, 0.2) is 71.6 Å². The molecule has 0 unspecified atom stereocenters. The van der Waals surface area contributed by atoms with E-state index >= 15 is 0 Å². The molecular weight excluding hydrogens is 448 g/mol. The van der Waals surface area contributed by atoms with Crippen LogP contribution >= 0.6 is 11.3 Å². The maximum atomic E-state index is 12.6. The normalized spacial score (nSPS) is 11.2. The molecule has 32 heavy (non-hydrogen) atoms. The van der Waals surface area contributed by atoms with Crippen LogP contribution in [0.4, 0.5) is 21.3 Å². The number of aromatic nitrogens is 1. The molecule has 0 spiro atoms. The third kappa shape index (κ3) is 4.98. The quantitative estimate of drug-likeness (QED) is 0.366. The van der Waals surface area contributed by atoms with E-state index in [1.165, 1.54) is 11.3 Å². The molecule has 4 aromatic rings. The number of nitrogens with one attached hydrogen (secondary N) is 3. The molecule has 8 nitrogen and oxygen atoms in total. The zero-order valence-electron chi connectivity index (χ0n) is 17.2. The fourth-order valence-corrected chi connectivity index (χ4v) is 5.02. The van der Waals surface area contributed by atoms with Gasteiger partial charge >= 0.3 is 6.03 Å². The molecule has 0 aliphatic rings. The van der Waals surface area contributed by atoms with E-state index in [2.05, 4.69) is 20.3 Å². The fourth-order valence-electron chi connectivity index (χ4n) is 2.93. The predicted octanol–water partition coefficient (Wildman–Crippen LogP) is 5.06. The minimum absolute atomic E-state index is 0.166. The number of carbonyl (C=O) groups is 1. The molecule has 2 amide bonds. The highest BCUT2D eigenvalue weighted by molar-refractivity contribution is 7.93. The average molecular weight is 469 g/mol. The molecule has 0 saturated carbocycles. The second-order valence-electron chi connectivity index (χ2n) is 6.93. The number of methoxy groups -OCH3 is 1. The molecule has 1 heterocycles. The third-order valence-corrected chi connectivity index (χ3v) is 6.96. The summed E-state index contributed by atoms with van der Waals surface area (Å²) in [7, 11) is -2.19. The summed E-state index contributed by atoms with van der Waals surface area (Å²) >= 11 is 1.21. The van der Waals surface area contributed by atoms with E-state index in [-0.39, 0.29) is 10.0 Å². The third-order valence-electron chi connectivity index (χ3n) is 4.53. The van der Waals surface area contributed by atoms with Crippen LogP contribution in [0, 0.1) is 6.92 Å². The Hall–Kier alpha value is -3.63. The molecule has 0 radical (unpaired) electrons. The van der Waals surface area contributed by atoms with Crippen LogP contribution in [0.2, 0.25) is 0 Å². The summed E-state index contributed by atoms with van der Waals surface area (Å²) in [5.41, 5.74) is 2.65. The lowest BCUT2D eigenvalue weighted by molar-refractivity contribution is 0.262. The Balaban J connectivity index is 1.47. The number of carbonyl (C=O) groups excluding carboxylic acids is 1. The Morgan fingerprint density at radius 1 is 0.969 bits per heavy atom. The summed E-state index contributed by atoms with van der Waals surface area (Å²) in [6, 6.07) is 18.3. The van der Waals surface area contributed by atoms with E-state index in [0.29, 0.717) is 22.6 Å². The van der Waals surface area contributed by atoms with Gasteiger partial charge in [0.2, 0.25) is 0 Å². The number of sulfonamides is 1. The zero-order valence-corrected chi connectivity index (χ0v) is 18.9. The number of amides is 2. The molecule has 10 heteroatoms. The van der Waals surface area contributed by atoms with E-state index in [4.69, 9.17) is 4.74 Å². The zero-order chi connectivity index (χ0) is 22.7. The van der Waals surface area contributed by atoms with Gasteiger partial charge in [0.25, 0.3) is 10.0 Å². The summed E-state index contributed by atoms with van der Waals surface area (Å²) in [5.74, 6) is 0.632. The van der Waals surface area contributed by atoms with Crippen molar-refractivity contribution in [2.75, 3.05) is 22.5 Å². The van der Waals surface area contributed by atoms with Gasteiger partial charge in [-0.3, -0.25) is 4.72 Å². The number of ether oxygens (including phenoxy) is 1. The first-order valence-electron chi connectivity index (χ1n) is 9.54. The van der Waals surface area contributed by atoms with Gasteiger partial charge in [-0.25, -0.2) is 18.2 Å². The van der Waals surface area contributed by atoms with E-state index < -0.39 is 16.1 Å². The Labute approximate surface area is 189 Å². The number of urea groups is 1. The number of fused-ring (bicyclic) bond motifs is 1. The van der Waals surface area contributed by atoms with Crippen LogP contribution in [-0.4, -0.2) is 26.5 Å². The summed E-state index contributed by atoms with van der Waals surface area (Å²) in [6.07, 6.45) is 0. The summed E-state index contributed by atoms with van der Waals surface area (Å²) in [4.78, 5) is 16.8. The fraction of sp³-hybridized carbons (Fsp3) is 0.0909. The summed E-state index contributed by atoms with van der Waals surface area (Å²) in [6.45, 7) is 1.89. The summed E-state index contributed by atoms with van der Waals surface area (Å²) < 4.78 is 33.6. The van der Waals surface area contributed by atoms with E-state index in [1.54, 1.807) is 73.8 Å². The number of anilines is 3. The van der Waals surface area contributed by atoms with Crippen molar-refractivity contribution < 1.29 is 17.9 Å². The maximum Gasteiger partial charge on any atom is 0.323 e. The first kappa shape index (κ1) is 21.6. The Morgan fingerprint density at radius 3 is 2.41 bits per heavy atom. The van der Waals surface area contributed by atoms with E-state index in [1.807, 2.05) is 6.92 Å². The Kier molecular flexibility index (Phi) is 5.97. The maximum absolute atomic E-state index is 12.6. The van der Waals surface area contributed by atoms with Crippen LogP contribution in [0.25, 0.3) is 10.2 Å². The Morgan fingerprint density at radius 2 is 1.69 bits per heavy atom. The number of benzene rings is 3. The minimum Gasteiger partial charge on any atom is -0.497 e. The second-order valence-corrected chi connectivity index (χ2v) is 9.64. The van der Waals surface area contributed by atoms with Crippen LogP contribution in [0.1, 0.15) is 5.56 Å². The number of nitrogens with zero attached hydrogens (tertiary/aromatic N) is 1. The molecule has 0 bridgehead atoms. The molecule has 3 N–H and O–H groups in total. The molecule has 1 aromatic heterocycles. The first-order chi connectivity index (χ1) is 15.3. The van der Waals surface area contributed by atoms with Crippen molar-refractivity contribution in [2.45, 2.75) is 11.8 Å². The number of rotatable bonds is 6. The molecule has 0 atom stereocenters. The van der Waals surface area contributed by atoms with Crippen LogP contribution in [0.3, 0.4) is 0 Å². The van der Waals surface area contributed by atoms with Crippen molar-refractivity contribution >= 4 is 54.1 Å². The molecule has 164 valence electrons. The van der Waals surface area contributed by atoms with E-state index in [9.17, 15) is 13.2 Å². The van der Waals surface area contributed by atoms with Gasteiger partial charge in [-0.2, -0.15) is 0 Å². The van der Waals surface area contributed by atoms with Gasteiger partial charge in [0, 0.05) is 17.4 Å². The van der Waals surface area contributed by atoms with Crippen LogP contribution in [0.5, 0.6) is 5.75 Å². The number of aryl methyl sites for hydroxylation is 1. The van der Waals surface area contributed by atoms with Gasteiger partial charge in [-0.15, -0.1) is 0 Å². The lowest BCUT2D eigenvalue weighted by Gasteiger charge is -2.08. The van der Waals surface area contributed by atoms with Crippen molar-refractivity contribution in [2.24, 2.45) is 0 Å². The standard InChI is InChI=1S/C22H20N4O4S2/c1-14-6-9-18(10-7-14)32(28,29)26-22-25-19-13-16(8-11-20(19)31-22)24-21(27)23-15-4-3-5-17(12-15)30-2/h3-13H,1-2H3,(H,25,26)(H2,23,24,27). The molecule has 0 saturated heterocycles. The molecular formula is C22H20N4O4S2. The number of hydrogen-bond donors (Lipinski definition) is 3. The van der Waals surface area contributed by atoms with Crippen molar-refractivity contribution in [3.05, 3.63) is 72.3 Å². The Bertz CT molecular complexity index is 1380. The highest BCUT2D eigenvalue weighted by Crippen LogP contribution is 2.30. The van der Waals surface area contributed by atoms with Crippen LogP contribution < -0.4 is 20.1 Å². The minimum atomic E-state index is -3.74. The van der Waals surface area contributed by atoms with Crippen molar-refractivity contribution in [1.29, 1.82) is 0 Å². The van der Waals surface area contributed by atoms with Crippen molar-refractivity contribution in [3.8, 4) is 5.75 Å².